The van der Waals surface area contributed by atoms with E-state index in [-0.39, 0.29) is 41.2 Å². The van der Waals surface area contributed by atoms with E-state index < -0.39 is 34.3 Å². The number of hydrogen-bond donors (Lipinski definition) is 1. The Labute approximate surface area is 288 Å². The van der Waals surface area contributed by atoms with Crippen molar-refractivity contribution in [3.63, 3.8) is 0 Å². The fourth-order valence-electron chi connectivity index (χ4n) is 5.51. The molecule has 0 radical (unpaired) electrons. The first-order chi connectivity index (χ1) is 23.4. The smallest absolute Gasteiger partial charge is 0.264 e. The van der Waals surface area contributed by atoms with Crippen molar-refractivity contribution in [2.45, 2.75) is 64.1 Å². The topological polar surface area (TPSA) is 105 Å². The molecule has 0 spiro atoms. The van der Waals surface area contributed by atoms with E-state index in [1.54, 1.807) is 24.3 Å². The van der Waals surface area contributed by atoms with Crippen LogP contribution in [0.25, 0.3) is 0 Å². The predicted octanol–water partition coefficient (Wildman–Crippen LogP) is 6.21. The molecule has 11 heteroatoms. The zero-order chi connectivity index (χ0) is 35.7. The highest BCUT2D eigenvalue weighted by molar-refractivity contribution is 7.92. The van der Waals surface area contributed by atoms with Gasteiger partial charge in [-0.2, -0.15) is 0 Å². The highest BCUT2D eigenvalue weighted by Crippen LogP contribution is 2.33. The molecule has 2 unspecified atom stereocenters. The van der Waals surface area contributed by atoms with Gasteiger partial charge < -0.3 is 19.7 Å². The Morgan fingerprint density at radius 1 is 0.837 bits per heavy atom. The molecule has 9 nitrogen and oxygen atoms in total. The fraction of sp³-hybridized carbons (Fsp3) is 0.316. The highest BCUT2D eigenvalue weighted by atomic mass is 32.2. The van der Waals surface area contributed by atoms with E-state index in [4.69, 9.17) is 9.47 Å². The zero-order valence-corrected chi connectivity index (χ0v) is 29.6. The summed E-state index contributed by atoms with van der Waals surface area (Å²) in [7, 11) is -1.52. The molecule has 0 saturated carbocycles. The molecule has 4 rings (SSSR count). The lowest BCUT2D eigenvalue weighted by atomic mass is 10.0. The number of aryl methyl sites for hydroxylation is 2. The van der Waals surface area contributed by atoms with Crippen LogP contribution in [-0.4, -0.2) is 58.0 Å². The molecule has 0 saturated heterocycles. The van der Waals surface area contributed by atoms with E-state index in [9.17, 15) is 22.4 Å². The number of nitrogens with zero attached hydrogens (tertiary/aromatic N) is 2. The third-order valence-corrected chi connectivity index (χ3v) is 10.0. The van der Waals surface area contributed by atoms with E-state index >= 15 is 0 Å². The van der Waals surface area contributed by atoms with Gasteiger partial charge in [-0.25, -0.2) is 12.8 Å². The number of carbonyl (C=O) groups excluding carboxylic acids is 2. The molecule has 0 aromatic heterocycles. The number of ether oxygens (including phenoxy) is 2. The van der Waals surface area contributed by atoms with E-state index in [0.717, 1.165) is 21.0 Å². The number of halogens is 1. The molecule has 2 atom stereocenters. The number of benzene rings is 4. The van der Waals surface area contributed by atoms with Crippen LogP contribution in [0.15, 0.2) is 95.9 Å². The first kappa shape index (κ1) is 36.9. The molecule has 49 heavy (non-hydrogen) atoms. The van der Waals surface area contributed by atoms with Crippen molar-refractivity contribution in [1.82, 2.24) is 10.2 Å². The lowest BCUT2D eigenvalue weighted by Crippen LogP contribution is -2.54. The van der Waals surface area contributed by atoms with E-state index in [1.165, 1.54) is 49.5 Å². The van der Waals surface area contributed by atoms with Crippen molar-refractivity contribution in [3.05, 3.63) is 119 Å². The van der Waals surface area contributed by atoms with Crippen LogP contribution in [0.2, 0.25) is 0 Å². The summed E-state index contributed by atoms with van der Waals surface area (Å²) >= 11 is 0. The molecule has 4 aromatic rings. The Morgan fingerprint density at radius 3 is 2.06 bits per heavy atom. The summed E-state index contributed by atoms with van der Waals surface area (Å²) < 4.78 is 54.7. The van der Waals surface area contributed by atoms with Gasteiger partial charge in [0.15, 0.2) is 11.5 Å². The number of methoxy groups -OCH3 is 2. The van der Waals surface area contributed by atoms with Gasteiger partial charge in [0.1, 0.15) is 18.4 Å². The maximum absolute atomic E-state index is 14.7. The first-order valence-corrected chi connectivity index (χ1v) is 17.5. The Bertz CT molecular complexity index is 1830. The number of anilines is 1. The average Bonchev–Trinajstić information content (AvgIpc) is 3.08. The number of hydrogen-bond acceptors (Lipinski definition) is 6. The number of sulfonamides is 1. The van der Waals surface area contributed by atoms with Gasteiger partial charge in [0.2, 0.25) is 11.8 Å². The molecule has 0 fully saturated rings. The van der Waals surface area contributed by atoms with Crippen molar-refractivity contribution < 1.29 is 31.9 Å². The lowest BCUT2D eigenvalue weighted by Gasteiger charge is -2.34. The van der Waals surface area contributed by atoms with Gasteiger partial charge in [-0.05, 0) is 85.8 Å². The second-order valence-electron chi connectivity index (χ2n) is 12.0. The SMILES string of the molecule is CCC(C)NC(=O)C(Cc1ccccc1)N(Cc1ccc(F)cc1)C(=O)CN(c1cc(C)cc(C)c1)S(=O)(=O)c1ccc(OC)c(OC)c1. The van der Waals surface area contributed by atoms with E-state index in [0.29, 0.717) is 17.7 Å². The predicted molar refractivity (Wildman–Crippen MR) is 189 cm³/mol. The first-order valence-electron chi connectivity index (χ1n) is 16.1. The van der Waals surface area contributed by atoms with Crippen LogP contribution in [0.1, 0.15) is 42.5 Å². The second kappa shape index (κ2) is 16.5. The molecule has 0 aliphatic heterocycles. The van der Waals surface area contributed by atoms with Gasteiger partial charge in [-0.3, -0.25) is 13.9 Å². The molecule has 0 heterocycles. The number of nitrogens with one attached hydrogen (secondary N) is 1. The van der Waals surface area contributed by atoms with Gasteiger partial charge in [-0.15, -0.1) is 0 Å². The van der Waals surface area contributed by atoms with E-state index in [1.807, 2.05) is 64.1 Å². The minimum absolute atomic E-state index is 0.0678. The molecule has 2 amide bonds. The van der Waals surface area contributed by atoms with Crippen LogP contribution < -0.4 is 19.1 Å². The Morgan fingerprint density at radius 2 is 1.47 bits per heavy atom. The normalized spacial score (nSPS) is 12.5. The van der Waals surface area contributed by atoms with E-state index in [2.05, 4.69) is 5.32 Å². The standard InChI is InChI=1S/C38H44FN3O6S/c1-7-28(4)40-38(44)34(22-29-11-9-8-10-12-29)41(24-30-13-15-31(39)16-14-30)37(43)25-42(32-20-26(2)19-27(3)21-32)49(45,46)33-17-18-35(47-5)36(23-33)48-6/h8-21,23,28,34H,7,22,24-25H2,1-6H3,(H,40,44). The summed E-state index contributed by atoms with van der Waals surface area (Å²) in [6.07, 6.45) is 0.835. The summed E-state index contributed by atoms with van der Waals surface area (Å²) in [6, 6.07) is 23.3. The summed E-state index contributed by atoms with van der Waals surface area (Å²) in [5.74, 6) is -0.893. The van der Waals surface area contributed by atoms with Crippen molar-refractivity contribution in [3.8, 4) is 11.5 Å². The van der Waals surface area contributed by atoms with Crippen LogP contribution in [0.3, 0.4) is 0 Å². The molecule has 0 bridgehead atoms. The van der Waals surface area contributed by atoms with Crippen LogP contribution in [-0.2, 0) is 32.6 Å². The maximum Gasteiger partial charge on any atom is 0.264 e. The summed E-state index contributed by atoms with van der Waals surface area (Å²) in [5, 5.41) is 3.01. The van der Waals surface area contributed by atoms with Gasteiger partial charge in [0.25, 0.3) is 10.0 Å². The molecular weight excluding hydrogens is 645 g/mol. The number of carbonyl (C=O) groups is 2. The largest absolute Gasteiger partial charge is 0.493 e. The van der Waals surface area contributed by atoms with Crippen molar-refractivity contribution in [2.75, 3.05) is 25.1 Å². The lowest BCUT2D eigenvalue weighted by molar-refractivity contribution is -0.140. The van der Waals surface area contributed by atoms with Crippen molar-refractivity contribution in [2.24, 2.45) is 0 Å². The Kier molecular flexibility index (Phi) is 12.4. The average molecular weight is 690 g/mol. The number of rotatable bonds is 15. The van der Waals surface area contributed by atoms with Crippen LogP contribution >= 0.6 is 0 Å². The summed E-state index contributed by atoms with van der Waals surface area (Å²) in [6.45, 7) is 6.82. The number of amides is 2. The van der Waals surface area contributed by atoms with Crippen molar-refractivity contribution in [1.29, 1.82) is 0 Å². The third kappa shape index (κ3) is 9.38. The minimum atomic E-state index is -4.38. The molecule has 1 N–H and O–H groups in total. The van der Waals surface area contributed by atoms with Crippen LogP contribution in [0, 0.1) is 19.7 Å². The molecule has 260 valence electrons. The fourth-order valence-corrected chi connectivity index (χ4v) is 6.92. The van der Waals surface area contributed by atoms with Crippen LogP contribution in [0.4, 0.5) is 10.1 Å². The summed E-state index contributed by atoms with van der Waals surface area (Å²) in [4.78, 5) is 29.9. The zero-order valence-electron chi connectivity index (χ0n) is 28.8. The molecule has 0 aliphatic rings. The quantitative estimate of drug-likeness (QED) is 0.159. The molecule has 4 aromatic carbocycles. The third-order valence-electron chi connectivity index (χ3n) is 8.25. The minimum Gasteiger partial charge on any atom is -0.493 e. The second-order valence-corrected chi connectivity index (χ2v) is 13.9. The maximum atomic E-state index is 14.7. The van der Waals surface area contributed by atoms with Gasteiger partial charge in [0, 0.05) is 25.1 Å². The van der Waals surface area contributed by atoms with Crippen LogP contribution in [0.5, 0.6) is 11.5 Å². The van der Waals surface area contributed by atoms with Crippen molar-refractivity contribution >= 4 is 27.5 Å². The molecule has 0 aliphatic carbocycles. The van der Waals surface area contributed by atoms with Gasteiger partial charge in [-0.1, -0.05) is 55.5 Å². The molecular formula is C38H44FN3O6S. The van der Waals surface area contributed by atoms with Gasteiger partial charge in [0.05, 0.1) is 24.8 Å². The highest BCUT2D eigenvalue weighted by Gasteiger charge is 2.35. The van der Waals surface area contributed by atoms with Gasteiger partial charge >= 0.3 is 0 Å². The Hall–Kier alpha value is -4.90. The monoisotopic (exact) mass is 689 g/mol. The Balaban J connectivity index is 1.85. The summed E-state index contributed by atoms with van der Waals surface area (Å²) in [5.41, 5.74) is 3.27.